The molecule has 172 valence electrons. The molecule has 1 aliphatic rings. The van der Waals surface area contributed by atoms with Crippen LogP contribution in [0.2, 0.25) is 0 Å². The normalized spacial score (nSPS) is 15.4. The zero-order valence-electron chi connectivity index (χ0n) is 18.8. The lowest BCUT2D eigenvalue weighted by Gasteiger charge is -2.34. The van der Waals surface area contributed by atoms with Gasteiger partial charge in [-0.25, -0.2) is 4.98 Å². The van der Waals surface area contributed by atoms with Crippen LogP contribution in [0.15, 0.2) is 42.6 Å². The van der Waals surface area contributed by atoms with Crippen molar-refractivity contribution < 1.29 is 9.59 Å². The SMILES string of the molecule is CN(C(=O)c1ccccc1C=O)C1CCc2c(c(/C(C=N)=C/N)nc3ccc(N)c(C=N)c23)C1. The molecule has 6 N–H and O–H groups in total. The molecule has 2 aromatic carbocycles. The second kappa shape index (κ2) is 9.27. The maximum absolute atomic E-state index is 13.3. The molecule has 1 aromatic heterocycles. The summed E-state index contributed by atoms with van der Waals surface area (Å²) in [5.41, 5.74) is 17.5. The van der Waals surface area contributed by atoms with Crippen molar-refractivity contribution in [2.45, 2.75) is 25.3 Å². The number of fused-ring (bicyclic) bond motifs is 3. The average molecular weight is 455 g/mol. The Balaban J connectivity index is 1.83. The average Bonchev–Trinajstić information content (AvgIpc) is 2.88. The number of carbonyl (C=O) groups excluding carboxylic acids is 2. The zero-order chi connectivity index (χ0) is 24.4. The van der Waals surface area contributed by atoms with Gasteiger partial charge in [0.2, 0.25) is 0 Å². The number of amides is 1. The monoisotopic (exact) mass is 454 g/mol. The molecule has 0 spiro atoms. The summed E-state index contributed by atoms with van der Waals surface area (Å²) in [7, 11) is 1.74. The lowest BCUT2D eigenvalue weighted by molar-refractivity contribution is 0.0716. The highest BCUT2D eigenvalue weighted by Gasteiger charge is 2.31. The zero-order valence-corrected chi connectivity index (χ0v) is 18.8. The molecule has 0 saturated carbocycles. The molecule has 8 heteroatoms. The van der Waals surface area contributed by atoms with Gasteiger partial charge in [0.05, 0.1) is 16.8 Å². The number of anilines is 1. The van der Waals surface area contributed by atoms with Crippen LogP contribution in [0.5, 0.6) is 0 Å². The number of nitrogens with two attached hydrogens (primary N) is 2. The van der Waals surface area contributed by atoms with E-state index in [2.05, 4.69) is 0 Å². The number of allylic oxidation sites excluding steroid dienone is 1. The van der Waals surface area contributed by atoms with Gasteiger partial charge in [-0.05, 0) is 48.6 Å². The second-order valence-electron chi connectivity index (χ2n) is 8.31. The molecule has 3 aromatic rings. The van der Waals surface area contributed by atoms with E-state index in [1.54, 1.807) is 42.3 Å². The predicted octanol–water partition coefficient (Wildman–Crippen LogP) is 3.21. The van der Waals surface area contributed by atoms with Crippen molar-refractivity contribution in [1.29, 1.82) is 10.8 Å². The van der Waals surface area contributed by atoms with Crippen molar-refractivity contribution in [3.8, 4) is 0 Å². The van der Waals surface area contributed by atoms with Crippen LogP contribution in [0.25, 0.3) is 16.5 Å². The highest BCUT2D eigenvalue weighted by atomic mass is 16.2. The van der Waals surface area contributed by atoms with E-state index in [4.69, 9.17) is 27.3 Å². The largest absolute Gasteiger partial charge is 0.404 e. The molecule has 0 saturated heterocycles. The number of hydrogen-bond acceptors (Lipinski definition) is 7. The van der Waals surface area contributed by atoms with Crippen LogP contribution in [-0.4, -0.2) is 47.6 Å². The minimum absolute atomic E-state index is 0.146. The maximum atomic E-state index is 13.3. The van der Waals surface area contributed by atoms with E-state index in [1.807, 2.05) is 6.07 Å². The lowest BCUT2D eigenvalue weighted by Crippen LogP contribution is -2.41. The Morgan fingerprint density at radius 1 is 1.18 bits per heavy atom. The first-order chi connectivity index (χ1) is 16.4. The summed E-state index contributed by atoms with van der Waals surface area (Å²) in [4.78, 5) is 31.2. The van der Waals surface area contributed by atoms with E-state index >= 15 is 0 Å². The summed E-state index contributed by atoms with van der Waals surface area (Å²) in [5.74, 6) is -0.225. The molecule has 0 aliphatic heterocycles. The Morgan fingerprint density at radius 3 is 2.62 bits per heavy atom. The summed E-state index contributed by atoms with van der Waals surface area (Å²) < 4.78 is 0. The number of aryl methyl sites for hydroxylation is 1. The standard InChI is InChI=1S/C26H26N6O2/c1-32(26(34)18-5-3-2-4-15(18)14-33)17-6-7-19-20(10-17)25(16(11-27)12-28)31-23-9-8-22(30)21(13-29)24(19)23/h2-5,8-9,11-14,17,27,29H,6-7,10,28,30H2,1H3/b16-12+,27-11?,29-13?. The van der Waals surface area contributed by atoms with E-state index in [0.717, 1.165) is 16.5 Å². The van der Waals surface area contributed by atoms with Gasteiger partial charge >= 0.3 is 0 Å². The summed E-state index contributed by atoms with van der Waals surface area (Å²) in [6.07, 6.45) is 6.28. The van der Waals surface area contributed by atoms with Crippen LogP contribution in [0, 0.1) is 10.8 Å². The topological polar surface area (TPSA) is 150 Å². The number of aromatic nitrogens is 1. The number of rotatable bonds is 6. The third-order valence-corrected chi connectivity index (χ3v) is 6.55. The van der Waals surface area contributed by atoms with Crippen LogP contribution < -0.4 is 11.5 Å². The van der Waals surface area contributed by atoms with Crippen molar-refractivity contribution >= 4 is 46.8 Å². The molecule has 0 radical (unpaired) electrons. The van der Waals surface area contributed by atoms with E-state index in [9.17, 15) is 9.59 Å². The number of benzene rings is 2. The van der Waals surface area contributed by atoms with Crippen LogP contribution in [-0.2, 0) is 12.8 Å². The Labute approximate surface area is 197 Å². The molecular weight excluding hydrogens is 428 g/mol. The van der Waals surface area contributed by atoms with E-state index in [1.165, 1.54) is 18.6 Å². The summed E-state index contributed by atoms with van der Waals surface area (Å²) in [6.45, 7) is 0. The van der Waals surface area contributed by atoms with Gasteiger partial charge < -0.3 is 27.2 Å². The number of aldehydes is 1. The van der Waals surface area contributed by atoms with Crippen molar-refractivity contribution in [2.24, 2.45) is 5.73 Å². The molecule has 34 heavy (non-hydrogen) atoms. The molecule has 1 unspecified atom stereocenters. The molecule has 0 bridgehead atoms. The van der Waals surface area contributed by atoms with Gasteiger partial charge in [-0.3, -0.25) is 9.59 Å². The fourth-order valence-corrected chi connectivity index (χ4v) is 4.73. The summed E-state index contributed by atoms with van der Waals surface area (Å²) >= 11 is 0. The molecule has 1 amide bonds. The summed E-state index contributed by atoms with van der Waals surface area (Å²) in [6, 6.07) is 10.2. The quantitative estimate of drug-likeness (QED) is 0.256. The van der Waals surface area contributed by atoms with Gasteiger partial charge in [-0.1, -0.05) is 18.2 Å². The van der Waals surface area contributed by atoms with Gasteiger partial charge in [0, 0.05) is 59.5 Å². The minimum Gasteiger partial charge on any atom is -0.404 e. The Bertz CT molecular complexity index is 1360. The van der Waals surface area contributed by atoms with Crippen LogP contribution in [0.3, 0.4) is 0 Å². The van der Waals surface area contributed by atoms with Crippen molar-refractivity contribution in [3.05, 3.63) is 76.1 Å². The molecule has 1 heterocycles. The van der Waals surface area contributed by atoms with Crippen molar-refractivity contribution in [1.82, 2.24) is 9.88 Å². The third kappa shape index (κ3) is 3.73. The van der Waals surface area contributed by atoms with Crippen LogP contribution in [0.4, 0.5) is 5.69 Å². The third-order valence-electron chi connectivity index (χ3n) is 6.55. The van der Waals surface area contributed by atoms with Gasteiger partial charge in [0.25, 0.3) is 5.91 Å². The Morgan fingerprint density at radius 2 is 1.94 bits per heavy atom. The number of nitrogen functional groups attached to an aromatic ring is 1. The first-order valence-electron chi connectivity index (χ1n) is 10.9. The van der Waals surface area contributed by atoms with Gasteiger partial charge in [-0.2, -0.15) is 0 Å². The van der Waals surface area contributed by atoms with E-state index in [-0.39, 0.29) is 11.9 Å². The number of carbonyl (C=O) groups is 2. The highest BCUT2D eigenvalue weighted by Crippen LogP contribution is 2.36. The lowest BCUT2D eigenvalue weighted by atomic mass is 9.82. The summed E-state index contributed by atoms with van der Waals surface area (Å²) in [5, 5.41) is 16.6. The molecule has 0 fully saturated rings. The van der Waals surface area contributed by atoms with Gasteiger partial charge in [0.1, 0.15) is 0 Å². The number of pyridine rings is 1. The molecule has 8 nitrogen and oxygen atoms in total. The first-order valence-corrected chi connectivity index (χ1v) is 10.9. The van der Waals surface area contributed by atoms with Gasteiger partial charge in [-0.15, -0.1) is 0 Å². The Kier molecular flexibility index (Phi) is 6.23. The van der Waals surface area contributed by atoms with E-state index < -0.39 is 0 Å². The van der Waals surface area contributed by atoms with E-state index in [0.29, 0.717) is 64.7 Å². The fourth-order valence-electron chi connectivity index (χ4n) is 4.73. The fraction of sp³-hybridized carbons (Fsp3) is 0.192. The van der Waals surface area contributed by atoms with Crippen LogP contribution in [0.1, 0.15) is 49.5 Å². The molecule has 1 atom stereocenters. The maximum Gasteiger partial charge on any atom is 0.254 e. The minimum atomic E-state index is -0.225. The number of hydrogen-bond donors (Lipinski definition) is 4. The first kappa shape index (κ1) is 22.8. The van der Waals surface area contributed by atoms with Gasteiger partial charge in [0.15, 0.2) is 6.29 Å². The second-order valence-corrected chi connectivity index (χ2v) is 8.31. The Hall–Kier alpha value is -4.33. The molecule has 1 aliphatic carbocycles. The highest BCUT2D eigenvalue weighted by molar-refractivity contribution is 6.11. The van der Waals surface area contributed by atoms with Crippen molar-refractivity contribution in [2.75, 3.05) is 12.8 Å². The molecule has 4 rings (SSSR count). The number of nitrogens with zero attached hydrogens (tertiary/aromatic N) is 2. The van der Waals surface area contributed by atoms with Crippen molar-refractivity contribution in [3.63, 3.8) is 0 Å². The number of likely N-dealkylation sites (N-methyl/N-ethyl adjacent to an activating group) is 1. The van der Waals surface area contributed by atoms with Crippen LogP contribution >= 0.6 is 0 Å². The number of nitrogens with one attached hydrogen (secondary N) is 2. The smallest absolute Gasteiger partial charge is 0.254 e. The predicted molar refractivity (Wildman–Crippen MR) is 135 cm³/mol. The molecular formula is C26H26N6O2.